The Hall–Kier alpha value is -1.37. The van der Waals surface area contributed by atoms with E-state index in [0.29, 0.717) is 4.90 Å². The average Bonchev–Trinajstić information content (AvgIpc) is 3.00. The van der Waals surface area contributed by atoms with Crippen molar-refractivity contribution in [2.45, 2.75) is 30.7 Å². The van der Waals surface area contributed by atoms with Crippen molar-refractivity contribution < 1.29 is 8.42 Å². The zero-order valence-electron chi connectivity index (χ0n) is 11.8. The van der Waals surface area contributed by atoms with E-state index in [4.69, 9.17) is 0 Å². The van der Waals surface area contributed by atoms with Crippen LogP contribution in [0, 0.1) is 0 Å². The van der Waals surface area contributed by atoms with Crippen molar-refractivity contribution in [2.24, 2.45) is 0 Å². The van der Waals surface area contributed by atoms with Gasteiger partial charge in [-0.2, -0.15) is 11.3 Å². The van der Waals surface area contributed by atoms with Gasteiger partial charge in [-0.1, -0.05) is 6.07 Å². The highest BCUT2D eigenvalue weighted by Crippen LogP contribution is 2.26. The quantitative estimate of drug-likeness (QED) is 0.909. The van der Waals surface area contributed by atoms with Crippen LogP contribution in [0.3, 0.4) is 0 Å². The summed E-state index contributed by atoms with van der Waals surface area (Å²) in [4.78, 5) is 0.317. The first-order valence-corrected chi connectivity index (χ1v) is 9.40. The molecule has 2 heterocycles. The number of rotatable bonds is 4. The van der Waals surface area contributed by atoms with Gasteiger partial charge in [-0.3, -0.25) is 0 Å². The Morgan fingerprint density at radius 2 is 2.19 bits per heavy atom. The number of aryl methyl sites for hydroxylation is 1. The number of hydrogen-bond donors (Lipinski definition) is 2. The van der Waals surface area contributed by atoms with Crippen molar-refractivity contribution in [1.82, 2.24) is 4.72 Å². The lowest BCUT2D eigenvalue weighted by molar-refractivity contribution is 0.567. The van der Waals surface area contributed by atoms with Crippen LogP contribution >= 0.6 is 11.3 Å². The van der Waals surface area contributed by atoms with Crippen LogP contribution in [-0.2, 0) is 16.4 Å². The van der Waals surface area contributed by atoms with Gasteiger partial charge >= 0.3 is 0 Å². The molecule has 1 atom stereocenters. The molecular formula is C15H18N2O2S2. The molecule has 0 bridgehead atoms. The zero-order valence-corrected chi connectivity index (χ0v) is 13.4. The number of benzene rings is 1. The third kappa shape index (κ3) is 3.12. The van der Waals surface area contributed by atoms with E-state index >= 15 is 0 Å². The first-order valence-electron chi connectivity index (χ1n) is 6.97. The number of fused-ring (bicyclic) bond motifs is 1. The van der Waals surface area contributed by atoms with E-state index in [1.54, 1.807) is 23.5 Å². The summed E-state index contributed by atoms with van der Waals surface area (Å²) in [6.07, 6.45) is 2.09. The number of sulfonamides is 1. The molecule has 1 unspecified atom stereocenters. The smallest absolute Gasteiger partial charge is 0.241 e. The van der Waals surface area contributed by atoms with E-state index in [1.807, 2.05) is 29.8 Å². The number of thiophene rings is 1. The SMILES string of the molecule is CC(NS(=O)(=O)c1ccc2c(c1)NCCC2)c1ccsc1. The van der Waals surface area contributed by atoms with Crippen LogP contribution < -0.4 is 10.0 Å². The summed E-state index contributed by atoms with van der Waals surface area (Å²) >= 11 is 1.56. The monoisotopic (exact) mass is 322 g/mol. The maximum atomic E-state index is 12.5. The molecule has 21 heavy (non-hydrogen) atoms. The molecule has 2 aromatic rings. The molecule has 1 aromatic carbocycles. The van der Waals surface area contributed by atoms with Crippen LogP contribution in [0.4, 0.5) is 5.69 Å². The topological polar surface area (TPSA) is 58.2 Å². The van der Waals surface area contributed by atoms with Gasteiger partial charge in [0.15, 0.2) is 0 Å². The maximum absolute atomic E-state index is 12.5. The van der Waals surface area contributed by atoms with Crippen molar-refractivity contribution in [3.8, 4) is 0 Å². The fourth-order valence-corrected chi connectivity index (χ4v) is 4.51. The van der Waals surface area contributed by atoms with Crippen molar-refractivity contribution in [3.63, 3.8) is 0 Å². The summed E-state index contributed by atoms with van der Waals surface area (Å²) in [5, 5.41) is 7.17. The summed E-state index contributed by atoms with van der Waals surface area (Å²) < 4.78 is 27.7. The predicted octanol–water partition coefficient (Wildman–Crippen LogP) is 3.15. The van der Waals surface area contributed by atoms with Gasteiger partial charge in [0, 0.05) is 18.3 Å². The molecule has 0 aliphatic carbocycles. The van der Waals surface area contributed by atoms with Crippen LogP contribution in [0.5, 0.6) is 0 Å². The van der Waals surface area contributed by atoms with E-state index in [0.717, 1.165) is 30.6 Å². The third-order valence-electron chi connectivity index (χ3n) is 3.71. The van der Waals surface area contributed by atoms with Crippen LogP contribution in [0.25, 0.3) is 0 Å². The number of anilines is 1. The first-order chi connectivity index (χ1) is 10.1. The van der Waals surface area contributed by atoms with Gasteiger partial charge in [-0.15, -0.1) is 0 Å². The largest absolute Gasteiger partial charge is 0.385 e. The van der Waals surface area contributed by atoms with Crippen LogP contribution in [0.2, 0.25) is 0 Å². The summed E-state index contributed by atoms with van der Waals surface area (Å²) in [5.74, 6) is 0. The Bertz CT molecular complexity index is 724. The molecule has 0 radical (unpaired) electrons. The Kier molecular flexibility index (Phi) is 4.01. The van der Waals surface area contributed by atoms with Gasteiger partial charge in [-0.25, -0.2) is 13.1 Å². The average molecular weight is 322 g/mol. The van der Waals surface area contributed by atoms with Gasteiger partial charge in [0.05, 0.1) is 4.90 Å². The Labute approximate surface area is 129 Å². The molecule has 3 rings (SSSR count). The Balaban J connectivity index is 1.84. The minimum absolute atomic E-state index is 0.231. The van der Waals surface area contributed by atoms with Gasteiger partial charge in [0.1, 0.15) is 0 Å². The highest BCUT2D eigenvalue weighted by molar-refractivity contribution is 7.89. The normalized spacial score (nSPS) is 16.0. The maximum Gasteiger partial charge on any atom is 0.241 e. The molecule has 1 aromatic heterocycles. The summed E-state index contributed by atoms with van der Waals surface area (Å²) in [7, 11) is -3.50. The first kappa shape index (κ1) is 14.6. The van der Waals surface area contributed by atoms with E-state index in [1.165, 1.54) is 5.56 Å². The van der Waals surface area contributed by atoms with Crippen molar-refractivity contribution >= 4 is 27.0 Å². The minimum atomic E-state index is -3.50. The van der Waals surface area contributed by atoms with Crippen molar-refractivity contribution in [2.75, 3.05) is 11.9 Å². The van der Waals surface area contributed by atoms with Crippen LogP contribution in [-0.4, -0.2) is 15.0 Å². The molecule has 0 amide bonds. The second-order valence-electron chi connectivity index (χ2n) is 5.25. The van der Waals surface area contributed by atoms with Gasteiger partial charge in [0.25, 0.3) is 0 Å². The second-order valence-corrected chi connectivity index (χ2v) is 7.74. The molecule has 1 aliphatic heterocycles. The predicted molar refractivity (Wildman–Crippen MR) is 86.3 cm³/mol. The van der Waals surface area contributed by atoms with E-state index < -0.39 is 10.0 Å². The Morgan fingerprint density at radius 3 is 2.95 bits per heavy atom. The summed E-state index contributed by atoms with van der Waals surface area (Å²) in [6.45, 7) is 2.76. The highest BCUT2D eigenvalue weighted by Gasteiger charge is 2.20. The standard InChI is InChI=1S/C15H18N2O2S2/c1-11(13-6-8-20-10-13)17-21(18,19)14-5-4-12-3-2-7-16-15(12)9-14/h4-6,8-11,16-17H,2-3,7H2,1H3. The lowest BCUT2D eigenvalue weighted by Gasteiger charge is -2.19. The van der Waals surface area contributed by atoms with Crippen molar-refractivity contribution in [1.29, 1.82) is 0 Å². The lowest BCUT2D eigenvalue weighted by Crippen LogP contribution is -2.27. The fourth-order valence-electron chi connectivity index (χ4n) is 2.50. The van der Waals surface area contributed by atoms with E-state index in [-0.39, 0.29) is 6.04 Å². The molecule has 6 heteroatoms. The molecule has 112 valence electrons. The molecular weight excluding hydrogens is 304 g/mol. The van der Waals surface area contributed by atoms with Crippen LogP contribution in [0.15, 0.2) is 39.9 Å². The molecule has 4 nitrogen and oxygen atoms in total. The molecule has 0 saturated carbocycles. The molecule has 0 fully saturated rings. The minimum Gasteiger partial charge on any atom is -0.385 e. The molecule has 0 saturated heterocycles. The van der Waals surface area contributed by atoms with E-state index in [2.05, 4.69) is 10.0 Å². The van der Waals surface area contributed by atoms with E-state index in [9.17, 15) is 8.42 Å². The highest BCUT2D eigenvalue weighted by atomic mass is 32.2. The van der Waals surface area contributed by atoms with Crippen molar-refractivity contribution in [3.05, 3.63) is 46.2 Å². The molecule has 2 N–H and O–H groups in total. The second kappa shape index (κ2) is 5.79. The molecule has 1 aliphatic rings. The summed E-state index contributed by atoms with van der Waals surface area (Å²) in [5.41, 5.74) is 3.11. The fraction of sp³-hybridized carbons (Fsp3) is 0.333. The van der Waals surface area contributed by atoms with Gasteiger partial charge in [0.2, 0.25) is 10.0 Å². The van der Waals surface area contributed by atoms with Gasteiger partial charge < -0.3 is 5.32 Å². The van der Waals surface area contributed by atoms with Gasteiger partial charge in [-0.05, 0) is 59.9 Å². The number of nitrogens with one attached hydrogen (secondary N) is 2. The van der Waals surface area contributed by atoms with Crippen LogP contribution in [0.1, 0.15) is 30.5 Å². The Morgan fingerprint density at radius 1 is 1.33 bits per heavy atom. The molecule has 0 spiro atoms. The lowest BCUT2D eigenvalue weighted by atomic mass is 10.0. The third-order valence-corrected chi connectivity index (χ3v) is 5.94. The number of hydrogen-bond acceptors (Lipinski definition) is 4. The summed E-state index contributed by atoms with van der Waals surface area (Å²) in [6, 6.07) is 7.04. The zero-order chi connectivity index (χ0) is 14.9.